The van der Waals surface area contributed by atoms with Crippen LogP contribution in [0.3, 0.4) is 0 Å². The Morgan fingerprint density at radius 2 is 1.48 bits per heavy atom. The Balaban J connectivity index is 4.59. The maximum absolute atomic E-state index is 11.3. The second kappa shape index (κ2) is 15.2. The number of hydrogen-bond donors (Lipinski definition) is 2. The van der Waals surface area contributed by atoms with Gasteiger partial charge in [-0.1, -0.05) is 44.8 Å². The lowest BCUT2D eigenvalue weighted by Gasteiger charge is -2.20. The zero-order valence-corrected chi connectivity index (χ0v) is 15.9. The molecule has 4 unspecified atom stereocenters. The summed E-state index contributed by atoms with van der Waals surface area (Å²) in [5.74, 6) is 0. The molecule has 4 atom stereocenters. The highest BCUT2D eigenvalue weighted by molar-refractivity contribution is 5.50. The summed E-state index contributed by atoms with van der Waals surface area (Å²) in [6, 6.07) is -2.99. The van der Waals surface area contributed by atoms with E-state index in [0.29, 0.717) is 12.8 Å². The normalized spacial score (nSPS) is 16.0. The van der Waals surface area contributed by atoms with E-state index < -0.39 is 40.6 Å². The summed E-state index contributed by atoms with van der Waals surface area (Å²) in [6.07, 6.45) is 7.10. The number of rotatable bonds is 17. The number of aliphatic hydroxyl groups excluding tert-OH is 2. The topological polar surface area (TPSA) is 144 Å². The number of allylic oxidation sites excluding steroid dienone is 1. The second-order valence-electron chi connectivity index (χ2n) is 6.64. The van der Waals surface area contributed by atoms with Crippen LogP contribution in [-0.2, 0) is 4.79 Å². The summed E-state index contributed by atoms with van der Waals surface area (Å²) in [5.41, 5.74) is 0. The van der Waals surface area contributed by atoms with Gasteiger partial charge in [0, 0.05) is 16.3 Å². The van der Waals surface area contributed by atoms with Gasteiger partial charge in [-0.25, -0.2) is 0 Å². The Morgan fingerprint density at radius 1 is 0.926 bits per heavy atom. The molecule has 0 saturated carbocycles. The van der Waals surface area contributed by atoms with Crippen LogP contribution in [0.2, 0.25) is 0 Å². The largest absolute Gasteiger partial charge is 0.386 e. The quantitative estimate of drug-likeness (QED) is 0.169. The van der Waals surface area contributed by atoms with Crippen LogP contribution < -0.4 is 0 Å². The maximum atomic E-state index is 11.3. The second-order valence-corrected chi connectivity index (χ2v) is 6.64. The highest BCUT2D eigenvalue weighted by Gasteiger charge is 2.40. The van der Waals surface area contributed by atoms with Gasteiger partial charge in [-0.3, -0.25) is 25.0 Å². The first-order valence-electron chi connectivity index (χ1n) is 9.48. The molecule has 0 fully saturated rings. The van der Waals surface area contributed by atoms with Crippen molar-refractivity contribution in [2.24, 2.45) is 0 Å². The van der Waals surface area contributed by atoms with E-state index in [1.165, 1.54) is 0 Å². The Kier molecular flexibility index (Phi) is 14.2. The van der Waals surface area contributed by atoms with Gasteiger partial charge in [0.15, 0.2) is 6.29 Å². The lowest BCUT2D eigenvalue weighted by Crippen LogP contribution is -2.43. The molecular weight excluding hydrogens is 356 g/mol. The number of carbonyl (C=O) groups excluding carboxylic acids is 1. The van der Waals surface area contributed by atoms with Crippen molar-refractivity contribution in [3.63, 3.8) is 0 Å². The number of hydrogen-bond acceptors (Lipinski definition) is 7. The van der Waals surface area contributed by atoms with Crippen LogP contribution in [0.5, 0.6) is 0 Å². The Morgan fingerprint density at radius 3 is 2.04 bits per heavy atom. The van der Waals surface area contributed by atoms with Gasteiger partial charge in [0.1, 0.15) is 12.2 Å². The molecule has 0 bridgehead atoms. The predicted molar refractivity (Wildman–Crippen MR) is 100 cm³/mol. The summed E-state index contributed by atoms with van der Waals surface area (Å²) in [7, 11) is 0. The van der Waals surface area contributed by atoms with Crippen molar-refractivity contribution in [1.82, 2.24) is 0 Å². The first-order chi connectivity index (χ1) is 12.8. The summed E-state index contributed by atoms with van der Waals surface area (Å²) in [4.78, 5) is 31.2. The first-order valence-corrected chi connectivity index (χ1v) is 9.48. The van der Waals surface area contributed by atoms with E-state index in [1.54, 1.807) is 12.2 Å². The molecule has 0 saturated heterocycles. The average molecular weight is 387 g/mol. The smallest absolute Gasteiger partial charge is 0.245 e. The van der Waals surface area contributed by atoms with Crippen LogP contribution in [0.1, 0.15) is 71.1 Å². The van der Waals surface area contributed by atoms with E-state index in [1.807, 2.05) is 13.2 Å². The van der Waals surface area contributed by atoms with Crippen molar-refractivity contribution in [3.8, 4) is 0 Å². The van der Waals surface area contributed by atoms with Crippen molar-refractivity contribution in [1.29, 1.82) is 0 Å². The molecule has 0 heterocycles. The van der Waals surface area contributed by atoms with E-state index in [0.717, 1.165) is 32.1 Å². The van der Waals surface area contributed by atoms with Gasteiger partial charge in [0.05, 0.1) is 6.42 Å². The van der Waals surface area contributed by atoms with Crippen molar-refractivity contribution in [2.45, 2.75) is 95.4 Å². The van der Waals surface area contributed by atoms with Crippen molar-refractivity contribution < 1.29 is 24.9 Å². The molecule has 0 aromatic rings. The summed E-state index contributed by atoms with van der Waals surface area (Å²) in [5, 5.41) is 42.7. The Labute approximate surface area is 159 Å². The monoisotopic (exact) mass is 387 g/mol. The van der Waals surface area contributed by atoms with Crippen LogP contribution >= 0.6 is 0 Å². The van der Waals surface area contributed by atoms with Gasteiger partial charge in [0.25, 0.3) is 0 Å². The molecule has 27 heavy (non-hydrogen) atoms. The third kappa shape index (κ3) is 11.4. The van der Waals surface area contributed by atoms with Crippen LogP contribution in [-0.4, -0.2) is 50.6 Å². The predicted octanol–water partition coefficient (Wildman–Crippen LogP) is 2.59. The lowest BCUT2D eigenvalue weighted by molar-refractivity contribution is -0.573. The number of unbranched alkanes of at least 4 members (excludes halogenated alkanes) is 5. The van der Waals surface area contributed by atoms with Gasteiger partial charge in [-0.05, 0) is 25.7 Å². The molecule has 0 aliphatic heterocycles. The molecule has 9 nitrogen and oxygen atoms in total. The fraction of sp³-hybridized carbons (Fsp3) is 0.833. The highest BCUT2D eigenvalue weighted by atomic mass is 16.6. The lowest BCUT2D eigenvalue weighted by atomic mass is 9.94. The van der Waals surface area contributed by atoms with Gasteiger partial charge < -0.3 is 10.2 Å². The van der Waals surface area contributed by atoms with Crippen LogP contribution in [0, 0.1) is 20.2 Å². The number of aliphatic hydroxyl groups is 2. The van der Waals surface area contributed by atoms with Gasteiger partial charge in [-0.2, -0.15) is 0 Å². The molecule has 0 aliphatic carbocycles. The Hall–Kier alpha value is -1.87. The van der Waals surface area contributed by atoms with Crippen LogP contribution in [0.4, 0.5) is 0 Å². The molecule has 0 rings (SSSR count). The molecule has 0 spiro atoms. The van der Waals surface area contributed by atoms with Crippen LogP contribution in [0.25, 0.3) is 0 Å². The molecule has 0 aromatic carbocycles. The SMILES string of the molecule is CC/C=C\CC(O)C(CC(C(O)CCCCCCC[C]=O)[N+](=O)[O-])[N+](=O)[O-]. The molecule has 2 N–H and O–H groups in total. The molecule has 1 radical (unpaired) electrons. The minimum absolute atomic E-state index is 0.0399. The molecule has 155 valence electrons. The maximum Gasteiger partial charge on any atom is 0.245 e. The standard InChI is InChI=1S/C18H31N2O7/c1-2-3-8-11-17(22)15(19(24)25)14-16(20(26)27)18(23)12-9-6-4-5-7-10-13-21/h3,8,15-18,22-23H,2,4-7,9-12,14H2,1H3/b8-3-. The van der Waals surface area contributed by atoms with Crippen molar-refractivity contribution in [3.05, 3.63) is 32.4 Å². The summed E-state index contributed by atoms with van der Waals surface area (Å²) in [6.45, 7) is 1.88. The van der Waals surface area contributed by atoms with Crippen molar-refractivity contribution in [2.75, 3.05) is 0 Å². The molecule has 0 amide bonds. The van der Waals surface area contributed by atoms with Gasteiger partial charge >= 0.3 is 0 Å². The van der Waals surface area contributed by atoms with E-state index in [2.05, 4.69) is 0 Å². The van der Waals surface area contributed by atoms with Crippen molar-refractivity contribution >= 4 is 6.29 Å². The van der Waals surface area contributed by atoms with Gasteiger partial charge in [-0.15, -0.1) is 0 Å². The molecule has 0 aromatic heterocycles. The first kappa shape index (κ1) is 25.1. The highest BCUT2D eigenvalue weighted by Crippen LogP contribution is 2.19. The van der Waals surface area contributed by atoms with Crippen LogP contribution in [0.15, 0.2) is 12.2 Å². The third-order valence-electron chi connectivity index (χ3n) is 4.47. The van der Waals surface area contributed by atoms with E-state index >= 15 is 0 Å². The van der Waals surface area contributed by atoms with E-state index in [9.17, 15) is 35.2 Å². The van der Waals surface area contributed by atoms with E-state index in [-0.39, 0.29) is 12.8 Å². The summed E-state index contributed by atoms with van der Waals surface area (Å²) >= 11 is 0. The third-order valence-corrected chi connectivity index (χ3v) is 4.47. The fourth-order valence-electron chi connectivity index (χ4n) is 2.85. The Bertz CT molecular complexity index is 471. The average Bonchev–Trinajstić information content (AvgIpc) is 2.60. The molecular formula is C18H31N2O7. The number of nitro groups is 2. The minimum atomic E-state index is -1.50. The number of nitrogens with zero attached hydrogens (tertiary/aromatic N) is 2. The zero-order valence-electron chi connectivity index (χ0n) is 15.9. The molecule has 0 aliphatic rings. The van der Waals surface area contributed by atoms with E-state index in [4.69, 9.17) is 0 Å². The fourth-order valence-corrected chi connectivity index (χ4v) is 2.85. The van der Waals surface area contributed by atoms with Gasteiger partial charge in [0.2, 0.25) is 12.1 Å². The molecule has 9 heteroatoms. The summed E-state index contributed by atoms with van der Waals surface area (Å²) < 4.78 is 0. The zero-order chi connectivity index (χ0) is 20.7. The minimum Gasteiger partial charge on any atom is -0.386 e.